The highest BCUT2D eigenvalue weighted by atomic mass is 32.2. The largest absolute Gasteiger partial charge is 0.385 e. The van der Waals surface area contributed by atoms with Crippen molar-refractivity contribution in [1.29, 1.82) is 0 Å². The molecule has 0 aliphatic heterocycles. The highest BCUT2D eigenvalue weighted by Gasteiger charge is 2.07. The van der Waals surface area contributed by atoms with Crippen LogP contribution in [0.4, 0.5) is 5.69 Å². The van der Waals surface area contributed by atoms with Crippen LogP contribution in [0.3, 0.4) is 0 Å². The highest BCUT2D eigenvalue weighted by molar-refractivity contribution is 7.98. The predicted molar refractivity (Wildman–Crippen MR) is 81.1 cm³/mol. The monoisotopic (exact) mass is 293 g/mol. The topological polar surface area (TPSA) is 75.6 Å². The first-order valence-electron chi connectivity index (χ1n) is 6.71. The minimum Gasteiger partial charge on any atom is -0.385 e. The Kier molecular flexibility index (Phi) is 5.23. The maximum absolute atomic E-state index is 11.5. The van der Waals surface area contributed by atoms with E-state index in [9.17, 15) is 4.79 Å². The summed E-state index contributed by atoms with van der Waals surface area (Å²) in [6.07, 6.45) is 2.88. The molecule has 2 rings (SSSR count). The number of hydrogen-bond donors (Lipinski definition) is 2. The molecular weight excluding hydrogens is 274 g/mol. The molecule has 0 saturated carbocycles. The van der Waals surface area contributed by atoms with Crippen LogP contribution >= 0.6 is 11.8 Å². The van der Waals surface area contributed by atoms with Crippen LogP contribution in [-0.2, 0) is 12.3 Å². The van der Waals surface area contributed by atoms with Crippen LogP contribution in [0.25, 0.3) is 0 Å². The van der Waals surface area contributed by atoms with E-state index in [4.69, 9.17) is 0 Å². The average Bonchev–Trinajstić information content (AvgIpc) is 2.83. The molecule has 2 heterocycles. The number of H-pyrrole nitrogens is 1. The molecule has 20 heavy (non-hydrogen) atoms. The Morgan fingerprint density at radius 2 is 2.30 bits per heavy atom. The first-order valence-corrected chi connectivity index (χ1v) is 7.70. The number of aromatic nitrogens is 4. The quantitative estimate of drug-likeness (QED) is 0.765. The van der Waals surface area contributed by atoms with Crippen molar-refractivity contribution in [3.05, 3.63) is 34.5 Å². The first kappa shape index (κ1) is 14.6. The lowest BCUT2D eigenvalue weighted by Gasteiger charge is -2.06. The Morgan fingerprint density at radius 3 is 3.05 bits per heavy atom. The van der Waals surface area contributed by atoms with Crippen molar-refractivity contribution in [2.45, 2.75) is 37.7 Å². The van der Waals surface area contributed by atoms with E-state index in [1.807, 2.05) is 19.1 Å². The van der Waals surface area contributed by atoms with Gasteiger partial charge in [-0.15, -0.1) is 5.10 Å². The highest BCUT2D eigenvalue weighted by Crippen LogP contribution is 2.20. The van der Waals surface area contributed by atoms with E-state index in [1.54, 1.807) is 10.8 Å². The third kappa shape index (κ3) is 3.63. The summed E-state index contributed by atoms with van der Waals surface area (Å²) in [4.78, 5) is 15.8. The van der Waals surface area contributed by atoms with Crippen LogP contribution in [0.5, 0.6) is 0 Å². The van der Waals surface area contributed by atoms with E-state index in [0.717, 1.165) is 24.3 Å². The number of anilines is 1. The van der Waals surface area contributed by atoms with Gasteiger partial charge in [0.15, 0.2) is 5.16 Å². The fraction of sp³-hybridized carbons (Fsp3) is 0.462. The number of nitrogens with zero attached hydrogens (tertiary/aromatic N) is 3. The van der Waals surface area contributed by atoms with Crippen molar-refractivity contribution >= 4 is 17.4 Å². The van der Waals surface area contributed by atoms with Crippen LogP contribution < -0.4 is 11.0 Å². The number of thioether (sulfide) groups is 1. The van der Waals surface area contributed by atoms with Crippen molar-refractivity contribution in [3.63, 3.8) is 0 Å². The summed E-state index contributed by atoms with van der Waals surface area (Å²) in [7, 11) is 0. The molecule has 0 amide bonds. The van der Waals surface area contributed by atoms with Gasteiger partial charge in [-0.25, -0.2) is 9.89 Å². The lowest BCUT2D eigenvalue weighted by atomic mass is 10.3. The predicted octanol–water partition coefficient (Wildman–Crippen LogP) is 2.10. The zero-order valence-electron chi connectivity index (χ0n) is 11.7. The van der Waals surface area contributed by atoms with Crippen molar-refractivity contribution in [1.82, 2.24) is 19.7 Å². The fourth-order valence-corrected chi connectivity index (χ4v) is 2.68. The lowest BCUT2D eigenvalue weighted by molar-refractivity contribution is 0.660. The van der Waals surface area contributed by atoms with Crippen molar-refractivity contribution in [3.8, 4) is 0 Å². The van der Waals surface area contributed by atoms with E-state index in [2.05, 4.69) is 27.4 Å². The Balaban J connectivity index is 2.01. The molecule has 0 bridgehead atoms. The van der Waals surface area contributed by atoms with E-state index < -0.39 is 0 Å². The normalized spacial score (nSPS) is 10.7. The second-order valence-electron chi connectivity index (χ2n) is 4.31. The third-order valence-electron chi connectivity index (χ3n) is 2.78. The summed E-state index contributed by atoms with van der Waals surface area (Å²) in [5.74, 6) is 0.686. The van der Waals surface area contributed by atoms with Gasteiger partial charge in [-0.05, 0) is 25.5 Å². The minimum absolute atomic E-state index is 0.165. The number of rotatable bonds is 7. The van der Waals surface area contributed by atoms with Gasteiger partial charge >= 0.3 is 5.69 Å². The molecule has 0 aromatic carbocycles. The maximum Gasteiger partial charge on any atom is 0.343 e. The molecule has 6 nitrogen and oxygen atoms in total. The molecule has 0 spiro atoms. The van der Waals surface area contributed by atoms with Crippen LogP contribution in [0.2, 0.25) is 0 Å². The van der Waals surface area contributed by atoms with Crippen LogP contribution in [0, 0.1) is 0 Å². The molecule has 108 valence electrons. The summed E-state index contributed by atoms with van der Waals surface area (Å²) in [6.45, 7) is 5.62. The molecule has 0 fully saturated rings. The second kappa shape index (κ2) is 7.14. The van der Waals surface area contributed by atoms with Gasteiger partial charge in [-0.2, -0.15) is 0 Å². The first-order chi connectivity index (χ1) is 9.74. The van der Waals surface area contributed by atoms with Crippen LogP contribution in [0.1, 0.15) is 26.0 Å². The average molecular weight is 293 g/mol. The summed E-state index contributed by atoms with van der Waals surface area (Å²) in [5.41, 5.74) is 1.88. The Morgan fingerprint density at radius 1 is 1.45 bits per heavy atom. The summed E-state index contributed by atoms with van der Waals surface area (Å²) >= 11 is 1.51. The summed E-state index contributed by atoms with van der Waals surface area (Å²) < 4.78 is 1.61. The molecule has 0 aliphatic carbocycles. The number of aromatic amines is 1. The molecule has 0 aliphatic rings. The molecule has 2 N–H and O–H groups in total. The lowest BCUT2D eigenvalue weighted by Crippen LogP contribution is -2.16. The van der Waals surface area contributed by atoms with Crippen LogP contribution in [0.15, 0.2) is 28.3 Å². The fourth-order valence-electron chi connectivity index (χ4n) is 1.77. The molecule has 0 radical (unpaired) electrons. The van der Waals surface area contributed by atoms with Gasteiger partial charge < -0.3 is 5.32 Å². The molecule has 2 aromatic heterocycles. The maximum atomic E-state index is 11.5. The third-order valence-corrected chi connectivity index (χ3v) is 3.79. The van der Waals surface area contributed by atoms with Crippen molar-refractivity contribution in [2.24, 2.45) is 0 Å². The SMILES string of the molecule is CCCNc1ccnc(CSc2n[nH]c(=O)n2CC)c1. The molecule has 7 heteroatoms. The van der Waals surface area contributed by atoms with Gasteiger partial charge in [0.2, 0.25) is 0 Å². The summed E-state index contributed by atoms with van der Waals surface area (Å²) in [5, 5.41) is 10.5. The second-order valence-corrected chi connectivity index (χ2v) is 5.25. The van der Waals surface area contributed by atoms with Crippen molar-refractivity contribution in [2.75, 3.05) is 11.9 Å². The molecular formula is C13H19N5OS. The molecule has 0 atom stereocenters. The zero-order chi connectivity index (χ0) is 14.4. The Labute approximate surface area is 122 Å². The zero-order valence-corrected chi connectivity index (χ0v) is 12.5. The van der Waals surface area contributed by atoms with E-state index in [0.29, 0.717) is 17.5 Å². The van der Waals surface area contributed by atoms with E-state index in [-0.39, 0.29) is 5.69 Å². The molecule has 0 unspecified atom stereocenters. The molecule has 2 aromatic rings. The van der Waals surface area contributed by atoms with Gasteiger partial charge in [0, 0.05) is 30.7 Å². The molecule has 0 saturated heterocycles. The van der Waals surface area contributed by atoms with Gasteiger partial charge in [0.05, 0.1) is 5.69 Å². The van der Waals surface area contributed by atoms with Crippen molar-refractivity contribution < 1.29 is 0 Å². The number of pyridine rings is 1. The minimum atomic E-state index is -0.165. The van der Waals surface area contributed by atoms with Gasteiger partial charge in [0.25, 0.3) is 0 Å². The van der Waals surface area contributed by atoms with E-state index in [1.165, 1.54) is 11.8 Å². The van der Waals surface area contributed by atoms with E-state index >= 15 is 0 Å². The summed E-state index contributed by atoms with van der Waals surface area (Å²) in [6, 6.07) is 3.99. The smallest absolute Gasteiger partial charge is 0.343 e. The Bertz CT molecular complexity index is 607. The number of hydrogen-bond acceptors (Lipinski definition) is 5. The van der Waals surface area contributed by atoms with Crippen LogP contribution in [-0.4, -0.2) is 26.3 Å². The van der Waals surface area contributed by atoms with Gasteiger partial charge in [-0.1, -0.05) is 18.7 Å². The standard InChI is InChI=1S/C13H19N5OS/c1-3-6-14-10-5-7-15-11(8-10)9-20-13-17-16-12(19)18(13)4-2/h5,7-8H,3-4,6,9H2,1-2H3,(H,14,15)(H,16,19). The van der Waals surface area contributed by atoms with Gasteiger partial charge in [0.1, 0.15) is 0 Å². The Hall–Kier alpha value is -1.76. The van der Waals surface area contributed by atoms with Gasteiger partial charge in [-0.3, -0.25) is 9.55 Å². The number of nitrogens with one attached hydrogen (secondary N) is 2.